The Morgan fingerprint density at radius 1 is 1.60 bits per heavy atom. The molecule has 15 heavy (non-hydrogen) atoms. The molecule has 0 spiro atoms. The molecule has 0 saturated carbocycles. The number of nitrogens with zero attached hydrogens (tertiary/aromatic N) is 1. The van der Waals surface area contributed by atoms with Crippen molar-refractivity contribution in [1.82, 2.24) is 4.98 Å². The van der Waals surface area contributed by atoms with Crippen LogP contribution in [0.15, 0.2) is 31.0 Å². The molecule has 84 valence electrons. The van der Waals surface area contributed by atoms with E-state index in [-0.39, 0.29) is 18.4 Å². The average Bonchev–Trinajstić information content (AvgIpc) is 2.26. The smallest absolute Gasteiger partial charge is 0.212 e. The highest BCUT2D eigenvalue weighted by atomic mass is 35.5. The molecule has 1 aromatic rings. The van der Waals surface area contributed by atoms with Crippen LogP contribution >= 0.6 is 12.4 Å². The summed E-state index contributed by atoms with van der Waals surface area (Å²) in [4.78, 5) is 4.10. The van der Waals surface area contributed by atoms with Gasteiger partial charge in [-0.15, -0.1) is 19.0 Å². The molecular weight excluding hydrogens is 212 g/mol. The lowest BCUT2D eigenvalue weighted by Gasteiger charge is -2.10. The van der Waals surface area contributed by atoms with E-state index >= 15 is 0 Å². The highest BCUT2D eigenvalue weighted by Gasteiger charge is 2.05. The minimum absolute atomic E-state index is 0. The molecule has 1 heterocycles. The molecule has 0 bridgehead atoms. The van der Waals surface area contributed by atoms with E-state index in [9.17, 15) is 0 Å². The van der Waals surface area contributed by atoms with E-state index in [1.807, 2.05) is 18.2 Å². The summed E-state index contributed by atoms with van der Waals surface area (Å²) in [5.74, 6) is 0.615. The van der Waals surface area contributed by atoms with Crippen molar-refractivity contribution in [2.75, 3.05) is 7.11 Å². The van der Waals surface area contributed by atoms with Crippen LogP contribution in [0.25, 0.3) is 0 Å². The van der Waals surface area contributed by atoms with Gasteiger partial charge in [0.25, 0.3) is 0 Å². The fourth-order valence-electron chi connectivity index (χ4n) is 1.20. The molecule has 1 aromatic heterocycles. The SMILES string of the molecule is C=CCC[C@H](N)c1ccc(OC)nc1.Cl. The van der Waals surface area contributed by atoms with E-state index in [2.05, 4.69) is 11.6 Å². The van der Waals surface area contributed by atoms with Gasteiger partial charge in [0.2, 0.25) is 5.88 Å². The van der Waals surface area contributed by atoms with E-state index in [0.29, 0.717) is 5.88 Å². The summed E-state index contributed by atoms with van der Waals surface area (Å²) in [6.07, 6.45) is 5.45. The second kappa shape index (κ2) is 7.26. The van der Waals surface area contributed by atoms with E-state index in [4.69, 9.17) is 10.5 Å². The molecule has 0 aromatic carbocycles. The maximum absolute atomic E-state index is 5.94. The Morgan fingerprint density at radius 2 is 2.33 bits per heavy atom. The van der Waals surface area contributed by atoms with Crippen LogP contribution < -0.4 is 10.5 Å². The molecular formula is C11H17ClN2O. The van der Waals surface area contributed by atoms with Crippen LogP contribution in [0.4, 0.5) is 0 Å². The zero-order chi connectivity index (χ0) is 10.4. The van der Waals surface area contributed by atoms with Crippen LogP contribution in [0, 0.1) is 0 Å². The number of nitrogens with two attached hydrogens (primary N) is 1. The Labute approximate surface area is 96.8 Å². The van der Waals surface area contributed by atoms with Crippen molar-refractivity contribution in [1.29, 1.82) is 0 Å². The van der Waals surface area contributed by atoms with Crippen molar-refractivity contribution in [3.63, 3.8) is 0 Å². The molecule has 3 nitrogen and oxygen atoms in total. The molecule has 2 N–H and O–H groups in total. The third-order valence-electron chi connectivity index (χ3n) is 2.08. The number of hydrogen-bond donors (Lipinski definition) is 1. The molecule has 0 aliphatic heterocycles. The highest BCUT2D eigenvalue weighted by molar-refractivity contribution is 5.85. The van der Waals surface area contributed by atoms with Crippen LogP contribution in [0.5, 0.6) is 5.88 Å². The van der Waals surface area contributed by atoms with Crippen molar-refractivity contribution in [2.45, 2.75) is 18.9 Å². The topological polar surface area (TPSA) is 48.1 Å². The molecule has 0 unspecified atom stereocenters. The van der Waals surface area contributed by atoms with Gasteiger partial charge in [-0.05, 0) is 18.4 Å². The summed E-state index contributed by atoms with van der Waals surface area (Å²) in [6.45, 7) is 3.66. The third kappa shape index (κ3) is 4.32. The number of ether oxygens (including phenoxy) is 1. The zero-order valence-electron chi connectivity index (χ0n) is 8.85. The average molecular weight is 229 g/mol. The van der Waals surface area contributed by atoms with Crippen molar-refractivity contribution in [3.05, 3.63) is 36.5 Å². The summed E-state index contributed by atoms with van der Waals surface area (Å²) in [5, 5.41) is 0. The lowest BCUT2D eigenvalue weighted by atomic mass is 10.1. The molecule has 0 aliphatic rings. The first-order valence-electron chi connectivity index (χ1n) is 4.64. The molecule has 1 atom stereocenters. The summed E-state index contributed by atoms with van der Waals surface area (Å²) in [7, 11) is 1.60. The number of allylic oxidation sites excluding steroid dienone is 1. The summed E-state index contributed by atoms with van der Waals surface area (Å²) < 4.78 is 4.96. The van der Waals surface area contributed by atoms with Crippen LogP contribution in [0.1, 0.15) is 24.4 Å². The van der Waals surface area contributed by atoms with Gasteiger partial charge in [-0.3, -0.25) is 0 Å². The van der Waals surface area contributed by atoms with Gasteiger partial charge in [0.15, 0.2) is 0 Å². The summed E-state index contributed by atoms with van der Waals surface area (Å²) in [6, 6.07) is 3.80. The fourth-order valence-corrected chi connectivity index (χ4v) is 1.20. The third-order valence-corrected chi connectivity index (χ3v) is 2.08. The molecule has 4 heteroatoms. The first kappa shape index (κ1) is 13.9. The van der Waals surface area contributed by atoms with Gasteiger partial charge < -0.3 is 10.5 Å². The maximum Gasteiger partial charge on any atom is 0.212 e. The van der Waals surface area contributed by atoms with Crippen LogP contribution in [0.2, 0.25) is 0 Å². The van der Waals surface area contributed by atoms with Gasteiger partial charge in [0.1, 0.15) is 0 Å². The maximum atomic E-state index is 5.94. The molecule has 0 fully saturated rings. The second-order valence-electron chi connectivity index (χ2n) is 3.11. The van der Waals surface area contributed by atoms with Gasteiger partial charge in [0, 0.05) is 18.3 Å². The van der Waals surface area contributed by atoms with Crippen molar-refractivity contribution in [2.24, 2.45) is 5.73 Å². The van der Waals surface area contributed by atoms with Gasteiger partial charge in [0.05, 0.1) is 7.11 Å². The minimum atomic E-state index is 0. The normalized spacial score (nSPS) is 11.3. The molecule has 0 aliphatic carbocycles. The van der Waals surface area contributed by atoms with Gasteiger partial charge in [-0.25, -0.2) is 4.98 Å². The first-order valence-corrected chi connectivity index (χ1v) is 4.64. The summed E-state index contributed by atoms with van der Waals surface area (Å²) in [5.41, 5.74) is 6.98. The number of hydrogen-bond acceptors (Lipinski definition) is 3. The van der Waals surface area contributed by atoms with Gasteiger partial charge in [-0.1, -0.05) is 12.1 Å². The van der Waals surface area contributed by atoms with Crippen LogP contribution in [0.3, 0.4) is 0 Å². The largest absolute Gasteiger partial charge is 0.481 e. The van der Waals surface area contributed by atoms with E-state index in [1.54, 1.807) is 13.3 Å². The second-order valence-corrected chi connectivity index (χ2v) is 3.11. The Morgan fingerprint density at radius 3 is 2.80 bits per heavy atom. The first-order chi connectivity index (χ1) is 6.77. The number of halogens is 1. The highest BCUT2D eigenvalue weighted by Crippen LogP contribution is 2.16. The van der Waals surface area contributed by atoms with Crippen molar-refractivity contribution < 1.29 is 4.74 Å². The predicted molar refractivity (Wildman–Crippen MR) is 64.4 cm³/mol. The molecule has 0 amide bonds. The quantitative estimate of drug-likeness (QED) is 0.788. The fraction of sp³-hybridized carbons (Fsp3) is 0.364. The van der Waals surface area contributed by atoms with E-state index < -0.39 is 0 Å². The molecule has 1 rings (SSSR count). The Hall–Kier alpha value is -1.06. The Kier molecular flexibility index (Phi) is 6.75. The van der Waals surface area contributed by atoms with E-state index in [1.165, 1.54) is 0 Å². The molecule has 0 saturated heterocycles. The predicted octanol–water partition coefficient (Wildman–Crippen LogP) is 2.48. The molecule has 0 radical (unpaired) electrons. The zero-order valence-corrected chi connectivity index (χ0v) is 9.67. The summed E-state index contributed by atoms with van der Waals surface area (Å²) >= 11 is 0. The van der Waals surface area contributed by atoms with Crippen LogP contribution in [-0.2, 0) is 0 Å². The van der Waals surface area contributed by atoms with E-state index in [0.717, 1.165) is 18.4 Å². The van der Waals surface area contributed by atoms with Crippen molar-refractivity contribution >= 4 is 12.4 Å². The van der Waals surface area contributed by atoms with Crippen molar-refractivity contribution in [3.8, 4) is 5.88 Å². The van der Waals surface area contributed by atoms with Gasteiger partial charge >= 0.3 is 0 Å². The standard InChI is InChI=1S/C11H16N2O.ClH/c1-3-4-5-10(12)9-6-7-11(14-2)13-8-9;/h3,6-8,10H,1,4-5,12H2,2H3;1H/t10-;/m0./s1. The number of aromatic nitrogens is 1. The minimum Gasteiger partial charge on any atom is -0.481 e. The lowest BCUT2D eigenvalue weighted by Crippen LogP contribution is -2.10. The number of methoxy groups -OCH3 is 1. The Bertz CT molecular complexity index is 287. The van der Waals surface area contributed by atoms with Crippen LogP contribution in [-0.4, -0.2) is 12.1 Å². The monoisotopic (exact) mass is 228 g/mol. The number of pyridine rings is 1. The lowest BCUT2D eigenvalue weighted by molar-refractivity contribution is 0.397. The van der Waals surface area contributed by atoms with Gasteiger partial charge in [-0.2, -0.15) is 0 Å². The number of rotatable bonds is 5. The Balaban J connectivity index is 0.00000196.